The van der Waals surface area contributed by atoms with Gasteiger partial charge >= 0.3 is 0 Å². The fourth-order valence-corrected chi connectivity index (χ4v) is 6.06. The Morgan fingerprint density at radius 3 is 1.23 bits per heavy atom. The number of aliphatic hydroxyl groups is 2. The summed E-state index contributed by atoms with van der Waals surface area (Å²) in [5.74, 6) is 0. The molecule has 40 heavy (non-hydrogen) atoms. The van der Waals surface area contributed by atoms with Crippen molar-refractivity contribution in [3.05, 3.63) is 108 Å². The number of furan rings is 2. The highest BCUT2D eigenvalue weighted by atomic mass is 16.3. The van der Waals surface area contributed by atoms with Crippen LogP contribution < -0.4 is 0 Å². The predicted molar refractivity (Wildman–Crippen MR) is 162 cm³/mol. The van der Waals surface area contributed by atoms with E-state index in [0.717, 1.165) is 77.3 Å². The van der Waals surface area contributed by atoms with E-state index in [1.807, 2.05) is 72.8 Å². The summed E-state index contributed by atoms with van der Waals surface area (Å²) < 4.78 is 12.4. The Labute approximate surface area is 232 Å². The van der Waals surface area contributed by atoms with Crippen molar-refractivity contribution in [3.8, 4) is 22.3 Å². The summed E-state index contributed by atoms with van der Waals surface area (Å²) in [7, 11) is 0. The summed E-state index contributed by atoms with van der Waals surface area (Å²) in [6, 6.07) is 32.1. The van der Waals surface area contributed by atoms with Gasteiger partial charge in [0.05, 0.1) is 11.2 Å². The minimum absolute atomic E-state index is 0.762. The van der Waals surface area contributed by atoms with E-state index in [1.54, 1.807) is 27.7 Å². The number of benzene rings is 5. The maximum Gasteiger partial charge on any atom is 0.136 e. The third-order valence-electron chi connectivity index (χ3n) is 7.86. The van der Waals surface area contributed by atoms with Crippen LogP contribution in [-0.2, 0) is 11.2 Å². The van der Waals surface area contributed by atoms with E-state index >= 15 is 0 Å². The second-order valence-electron chi connectivity index (χ2n) is 11.6. The molecule has 0 aliphatic rings. The predicted octanol–water partition coefficient (Wildman–Crippen LogP) is 9.27. The summed E-state index contributed by atoms with van der Waals surface area (Å²) in [6.45, 7) is 7.23. The van der Waals surface area contributed by atoms with Gasteiger partial charge in [-0.25, -0.2) is 0 Å². The Morgan fingerprint density at radius 1 is 0.450 bits per heavy atom. The molecule has 0 fully saturated rings. The molecule has 7 rings (SSSR count). The molecule has 0 saturated heterocycles. The number of hydrogen-bond donors (Lipinski definition) is 2. The van der Waals surface area contributed by atoms with E-state index in [1.165, 1.54) is 0 Å². The minimum Gasteiger partial charge on any atom is -0.456 e. The first-order valence-corrected chi connectivity index (χ1v) is 13.6. The molecule has 0 aliphatic carbocycles. The van der Waals surface area contributed by atoms with Crippen molar-refractivity contribution in [2.75, 3.05) is 0 Å². The Bertz CT molecular complexity index is 1930. The van der Waals surface area contributed by atoms with Gasteiger partial charge in [0.25, 0.3) is 0 Å². The molecule has 2 N–H and O–H groups in total. The maximum atomic E-state index is 11.6. The third kappa shape index (κ3) is 3.75. The molecule has 0 amide bonds. The summed E-state index contributed by atoms with van der Waals surface area (Å²) in [6.07, 6.45) is 0. The standard InChI is InChI=1S/C36H30O4/c1-35(2,37)27-19-26(22-14-10-18-32-34(22)24-12-6-8-16-30(24)40-32)28(36(3,4)38)20-25(27)21-13-9-17-31-33(21)23-11-5-7-15-29(23)39-31/h5-20,37-38H,1-4H3. The Hall–Kier alpha value is -4.38. The number of para-hydroxylation sites is 2. The average Bonchev–Trinajstić information content (AvgIpc) is 3.50. The second-order valence-corrected chi connectivity index (χ2v) is 11.6. The van der Waals surface area contributed by atoms with Gasteiger partial charge in [-0.3, -0.25) is 0 Å². The highest BCUT2D eigenvalue weighted by Gasteiger charge is 2.30. The van der Waals surface area contributed by atoms with Crippen molar-refractivity contribution in [3.63, 3.8) is 0 Å². The topological polar surface area (TPSA) is 66.7 Å². The number of rotatable bonds is 4. The lowest BCUT2D eigenvalue weighted by molar-refractivity contribution is 0.0753. The average molecular weight is 527 g/mol. The first-order valence-electron chi connectivity index (χ1n) is 13.6. The maximum absolute atomic E-state index is 11.6. The zero-order valence-corrected chi connectivity index (χ0v) is 22.9. The van der Waals surface area contributed by atoms with Gasteiger partial charge in [-0.05, 0) is 97.5 Å². The van der Waals surface area contributed by atoms with Gasteiger partial charge in [-0.2, -0.15) is 0 Å². The lowest BCUT2D eigenvalue weighted by Gasteiger charge is -2.29. The molecule has 0 atom stereocenters. The molecule has 0 unspecified atom stereocenters. The van der Waals surface area contributed by atoms with Gasteiger partial charge in [-0.15, -0.1) is 0 Å². The van der Waals surface area contributed by atoms with Gasteiger partial charge in [-0.1, -0.05) is 60.7 Å². The summed E-state index contributed by atoms with van der Waals surface area (Å²) in [5, 5.41) is 27.1. The van der Waals surface area contributed by atoms with E-state index in [0.29, 0.717) is 0 Å². The van der Waals surface area contributed by atoms with Crippen molar-refractivity contribution in [1.29, 1.82) is 0 Å². The Kier molecular flexibility index (Phi) is 5.27. The normalized spacial score (nSPS) is 12.8. The first kappa shape index (κ1) is 24.6. The number of fused-ring (bicyclic) bond motifs is 6. The van der Waals surface area contributed by atoms with Crippen LogP contribution in [0.1, 0.15) is 38.8 Å². The zero-order chi connectivity index (χ0) is 27.8. The molecule has 198 valence electrons. The molecular formula is C36H30O4. The van der Waals surface area contributed by atoms with E-state index in [4.69, 9.17) is 8.83 Å². The molecule has 0 bridgehead atoms. The van der Waals surface area contributed by atoms with Crippen LogP contribution in [0.2, 0.25) is 0 Å². The monoisotopic (exact) mass is 526 g/mol. The van der Waals surface area contributed by atoms with Crippen molar-refractivity contribution in [2.45, 2.75) is 38.9 Å². The summed E-state index contributed by atoms with van der Waals surface area (Å²) in [5.41, 5.74) is 5.98. The molecule has 7 aromatic rings. The van der Waals surface area contributed by atoms with Crippen molar-refractivity contribution in [2.24, 2.45) is 0 Å². The van der Waals surface area contributed by atoms with Crippen molar-refractivity contribution in [1.82, 2.24) is 0 Å². The Morgan fingerprint density at radius 2 is 0.825 bits per heavy atom. The molecule has 4 heteroatoms. The van der Waals surface area contributed by atoms with Crippen LogP contribution in [0.5, 0.6) is 0 Å². The summed E-state index contributed by atoms with van der Waals surface area (Å²) in [4.78, 5) is 0. The molecule has 0 radical (unpaired) electrons. The highest BCUT2D eigenvalue weighted by Crippen LogP contribution is 2.46. The lowest BCUT2D eigenvalue weighted by Crippen LogP contribution is -2.21. The number of hydrogen-bond acceptors (Lipinski definition) is 4. The molecule has 0 aliphatic heterocycles. The van der Waals surface area contributed by atoms with E-state index in [2.05, 4.69) is 24.3 Å². The fourth-order valence-electron chi connectivity index (χ4n) is 6.06. The van der Waals surface area contributed by atoms with E-state index in [-0.39, 0.29) is 0 Å². The van der Waals surface area contributed by atoms with Crippen LogP contribution in [0.4, 0.5) is 0 Å². The van der Waals surface area contributed by atoms with Crippen LogP contribution in [0.15, 0.2) is 106 Å². The van der Waals surface area contributed by atoms with Gasteiger partial charge in [0.15, 0.2) is 0 Å². The molecular weight excluding hydrogens is 496 g/mol. The molecule has 2 aromatic heterocycles. The Balaban J connectivity index is 1.61. The quantitative estimate of drug-likeness (QED) is 0.240. The zero-order valence-electron chi connectivity index (χ0n) is 22.9. The van der Waals surface area contributed by atoms with Crippen LogP contribution in [0.25, 0.3) is 66.1 Å². The van der Waals surface area contributed by atoms with Crippen LogP contribution in [-0.4, -0.2) is 10.2 Å². The molecule has 2 heterocycles. The van der Waals surface area contributed by atoms with Crippen LogP contribution in [0.3, 0.4) is 0 Å². The second kappa shape index (κ2) is 8.56. The minimum atomic E-state index is -1.17. The largest absolute Gasteiger partial charge is 0.456 e. The summed E-state index contributed by atoms with van der Waals surface area (Å²) >= 11 is 0. The van der Waals surface area contributed by atoms with Crippen molar-refractivity contribution < 1.29 is 19.0 Å². The van der Waals surface area contributed by atoms with Gasteiger partial charge in [0.2, 0.25) is 0 Å². The first-order chi connectivity index (χ1) is 19.1. The molecule has 0 spiro atoms. The highest BCUT2D eigenvalue weighted by molar-refractivity contribution is 6.14. The lowest BCUT2D eigenvalue weighted by atomic mass is 9.79. The molecule has 0 saturated carbocycles. The molecule has 5 aromatic carbocycles. The SMILES string of the molecule is CC(C)(O)c1cc(-c2cccc3oc4ccccc4c23)c(C(C)(C)O)cc1-c1cccc2oc3ccccc3c12. The smallest absolute Gasteiger partial charge is 0.136 e. The van der Waals surface area contributed by atoms with Gasteiger partial charge in [0.1, 0.15) is 22.3 Å². The van der Waals surface area contributed by atoms with Crippen LogP contribution in [0, 0.1) is 0 Å². The van der Waals surface area contributed by atoms with Crippen molar-refractivity contribution >= 4 is 43.9 Å². The van der Waals surface area contributed by atoms with Gasteiger partial charge in [0, 0.05) is 21.5 Å². The fraction of sp³-hybridized carbons (Fsp3) is 0.167. The third-order valence-corrected chi connectivity index (χ3v) is 7.86. The molecule has 4 nitrogen and oxygen atoms in total. The van der Waals surface area contributed by atoms with E-state index in [9.17, 15) is 10.2 Å². The van der Waals surface area contributed by atoms with Crippen LogP contribution >= 0.6 is 0 Å². The van der Waals surface area contributed by atoms with E-state index < -0.39 is 11.2 Å². The van der Waals surface area contributed by atoms with Gasteiger partial charge < -0.3 is 19.0 Å².